The molecule has 0 aromatic heterocycles. The van der Waals surface area contributed by atoms with Gasteiger partial charge in [-0.3, -0.25) is 4.79 Å². The number of rotatable bonds is 3. The summed E-state index contributed by atoms with van der Waals surface area (Å²) in [7, 11) is -3.61. The highest BCUT2D eigenvalue weighted by atomic mass is 32.2. The van der Waals surface area contributed by atoms with Gasteiger partial charge in [-0.15, -0.1) is 0 Å². The third-order valence-corrected chi connectivity index (χ3v) is 5.28. The molecule has 23 heavy (non-hydrogen) atoms. The molecular weight excluding hydrogens is 320 g/mol. The summed E-state index contributed by atoms with van der Waals surface area (Å²) in [6, 6.07) is 5.39. The normalized spacial score (nSPS) is 20.9. The molecule has 1 saturated heterocycles. The lowest BCUT2D eigenvalue weighted by atomic mass is 10.1. The molecule has 3 rings (SSSR count). The van der Waals surface area contributed by atoms with Crippen molar-refractivity contribution < 1.29 is 22.7 Å². The van der Waals surface area contributed by atoms with Crippen LogP contribution < -0.4 is 14.6 Å². The van der Waals surface area contributed by atoms with Crippen molar-refractivity contribution in [2.45, 2.75) is 18.1 Å². The molecule has 8 heteroatoms. The van der Waals surface area contributed by atoms with Crippen LogP contribution in [0.4, 0.5) is 0 Å². The minimum Gasteiger partial charge on any atom is -0.454 e. The van der Waals surface area contributed by atoms with E-state index in [1.807, 2.05) is 6.07 Å². The third-order valence-electron chi connectivity index (χ3n) is 3.97. The summed E-state index contributed by atoms with van der Waals surface area (Å²) in [6.45, 7) is 0.879. The van der Waals surface area contributed by atoms with Crippen molar-refractivity contribution >= 4 is 22.0 Å². The van der Waals surface area contributed by atoms with E-state index < -0.39 is 15.3 Å². The second kappa shape index (κ2) is 6.21. The van der Waals surface area contributed by atoms with Crippen LogP contribution in [0.2, 0.25) is 0 Å². The Hall–Kier alpha value is -2.06. The molecular formula is C15H18N2O5S. The van der Waals surface area contributed by atoms with Gasteiger partial charge in [0.2, 0.25) is 22.7 Å². The third kappa shape index (κ3) is 3.65. The molecule has 1 aromatic rings. The summed E-state index contributed by atoms with van der Waals surface area (Å²) in [5.74, 6) is 1.10. The SMILES string of the molecule is NS(=O)(=O)C1CCCN(C(=O)/C=C/c2ccc3c(c2)OCO3)C1. The number of hydrogen-bond acceptors (Lipinski definition) is 5. The number of nitrogens with two attached hydrogens (primary N) is 1. The number of hydrogen-bond donors (Lipinski definition) is 1. The molecule has 1 atom stereocenters. The monoisotopic (exact) mass is 338 g/mol. The molecule has 2 aliphatic rings. The summed E-state index contributed by atoms with van der Waals surface area (Å²) >= 11 is 0. The van der Waals surface area contributed by atoms with Crippen LogP contribution in [0.25, 0.3) is 6.08 Å². The largest absolute Gasteiger partial charge is 0.454 e. The van der Waals surface area contributed by atoms with Gasteiger partial charge in [-0.2, -0.15) is 0 Å². The zero-order valence-electron chi connectivity index (χ0n) is 12.5. The maximum atomic E-state index is 12.2. The fourth-order valence-corrected chi connectivity index (χ4v) is 3.58. The van der Waals surface area contributed by atoms with Crippen LogP contribution in [0.3, 0.4) is 0 Å². The standard InChI is InChI=1S/C15H18N2O5S/c16-23(19,20)12-2-1-7-17(9-12)15(18)6-4-11-3-5-13-14(8-11)22-10-21-13/h3-6,8,12H,1-2,7,9-10H2,(H2,16,19,20)/b6-4+. The van der Waals surface area contributed by atoms with Gasteiger partial charge in [0.15, 0.2) is 11.5 Å². The first-order valence-corrected chi connectivity index (χ1v) is 8.93. The highest BCUT2D eigenvalue weighted by molar-refractivity contribution is 7.89. The van der Waals surface area contributed by atoms with Crippen LogP contribution in [0, 0.1) is 0 Å². The number of fused-ring (bicyclic) bond motifs is 1. The van der Waals surface area contributed by atoms with Crippen molar-refractivity contribution in [1.29, 1.82) is 0 Å². The predicted octanol–water partition coefficient (Wildman–Crippen LogP) is 0.708. The molecule has 124 valence electrons. The van der Waals surface area contributed by atoms with Gasteiger partial charge in [-0.05, 0) is 36.6 Å². The molecule has 2 N–H and O–H groups in total. The Morgan fingerprint density at radius 3 is 2.87 bits per heavy atom. The van der Waals surface area contributed by atoms with Crippen molar-refractivity contribution in [2.75, 3.05) is 19.9 Å². The van der Waals surface area contributed by atoms with Gasteiger partial charge in [-0.1, -0.05) is 6.07 Å². The second-order valence-electron chi connectivity index (χ2n) is 5.58. The molecule has 0 radical (unpaired) electrons. The molecule has 2 aliphatic heterocycles. The van der Waals surface area contributed by atoms with Crippen molar-refractivity contribution in [2.24, 2.45) is 5.14 Å². The molecule has 0 bridgehead atoms. The minimum absolute atomic E-state index is 0.142. The predicted molar refractivity (Wildman–Crippen MR) is 84.3 cm³/mol. The van der Waals surface area contributed by atoms with Gasteiger partial charge < -0.3 is 14.4 Å². The van der Waals surface area contributed by atoms with E-state index >= 15 is 0 Å². The Labute approximate surface area is 134 Å². The van der Waals surface area contributed by atoms with Gasteiger partial charge in [0.25, 0.3) is 0 Å². The van der Waals surface area contributed by atoms with E-state index in [1.54, 1.807) is 18.2 Å². The van der Waals surface area contributed by atoms with Gasteiger partial charge in [0.05, 0.1) is 5.25 Å². The van der Waals surface area contributed by atoms with E-state index in [1.165, 1.54) is 11.0 Å². The highest BCUT2D eigenvalue weighted by Crippen LogP contribution is 2.32. The molecule has 0 saturated carbocycles. The second-order valence-corrected chi connectivity index (χ2v) is 7.43. The first-order valence-electron chi connectivity index (χ1n) is 7.32. The maximum Gasteiger partial charge on any atom is 0.246 e. The number of ether oxygens (including phenoxy) is 2. The minimum atomic E-state index is -3.61. The number of carbonyl (C=O) groups is 1. The van der Waals surface area contributed by atoms with E-state index in [0.717, 1.165) is 5.56 Å². The van der Waals surface area contributed by atoms with Crippen LogP contribution in [-0.4, -0.2) is 44.4 Å². The van der Waals surface area contributed by atoms with Crippen molar-refractivity contribution in [1.82, 2.24) is 4.90 Å². The molecule has 0 spiro atoms. The first-order chi connectivity index (χ1) is 10.9. The molecule has 1 unspecified atom stereocenters. The van der Waals surface area contributed by atoms with Crippen LogP contribution in [-0.2, 0) is 14.8 Å². The number of sulfonamides is 1. The Morgan fingerprint density at radius 1 is 1.30 bits per heavy atom. The molecule has 1 aromatic carbocycles. The fraction of sp³-hybridized carbons (Fsp3) is 0.400. The summed E-state index contributed by atoms with van der Waals surface area (Å²) < 4.78 is 33.4. The quantitative estimate of drug-likeness (QED) is 0.818. The number of amides is 1. The summed E-state index contributed by atoms with van der Waals surface area (Å²) in [6.07, 6.45) is 4.23. The van der Waals surface area contributed by atoms with E-state index in [-0.39, 0.29) is 19.2 Å². The Bertz CT molecular complexity index is 744. The number of primary sulfonamides is 1. The van der Waals surface area contributed by atoms with Gasteiger partial charge in [0, 0.05) is 19.2 Å². The summed E-state index contributed by atoms with van der Waals surface area (Å²) in [5, 5.41) is 4.50. The van der Waals surface area contributed by atoms with Crippen LogP contribution in [0.15, 0.2) is 24.3 Å². The lowest BCUT2D eigenvalue weighted by Gasteiger charge is -2.30. The number of piperidine rings is 1. The summed E-state index contributed by atoms with van der Waals surface area (Å²) in [4.78, 5) is 13.7. The Kier molecular flexibility index (Phi) is 4.27. The van der Waals surface area contributed by atoms with E-state index in [4.69, 9.17) is 14.6 Å². The summed E-state index contributed by atoms with van der Waals surface area (Å²) in [5.41, 5.74) is 0.808. The molecule has 0 aliphatic carbocycles. The lowest BCUT2D eigenvalue weighted by molar-refractivity contribution is -0.126. The first kappa shape index (κ1) is 15.8. The molecule has 1 amide bonds. The lowest BCUT2D eigenvalue weighted by Crippen LogP contribution is -2.46. The van der Waals surface area contributed by atoms with Crippen molar-refractivity contribution in [3.8, 4) is 11.5 Å². The highest BCUT2D eigenvalue weighted by Gasteiger charge is 2.29. The van der Waals surface area contributed by atoms with Crippen LogP contribution >= 0.6 is 0 Å². The maximum absolute atomic E-state index is 12.2. The number of nitrogens with zero attached hydrogens (tertiary/aromatic N) is 1. The van der Waals surface area contributed by atoms with Gasteiger partial charge >= 0.3 is 0 Å². The van der Waals surface area contributed by atoms with E-state index in [2.05, 4.69) is 0 Å². The average Bonchev–Trinajstić information content (AvgIpc) is 2.99. The molecule has 7 nitrogen and oxygen atoms in total. The zero-order valence-corrected chi connectivity index (χ0v) is 13.3. The van der Waals surface area contributed by atoms with E-state index in [9.17, 15) is 13.2 Å². The fourth-order valence-electron chi connectivity index (χ4n) is 2.70. The molecule has 2 heterocycles. The van der Waals surface area contributed by atoms with Crippen LogP contribution in [0.1, 0.15) is 18.4 Å². The number of likely N-dealkylation sites (tertiary alicyclic amines) is 1. The average molecular weight is 338 g/mol. The zero-order chi connectivity index (χ0) is 16.4. The van der Waals surface area contributed by atoms with Crippen molar-refractivity contribution in [3.05, 3.63) is 29.8 Å². The topological polar surface area (TPSA) is 98.9 Å². The van der Waals surface area contributed by atoms with Crippen LogP contribution in [0.5, 0.6) is 11.5 Å². The van der Waals surface area contributed by atoms with E-state index in [0.29, 0.717) is 30.9 Å². The van der Waals surface area contributed by atoms with Gasteiger partial charge in [-0.25, -0.2) is 13.6 Å². The smallest absolute Gasteiger partial charge is 0.246 e. The Morgan fingerprint density at radius 2 is 2.09 bits per heavy atom. The number of benzene rings is 1. The number of carbonyl (C=O) groups excluding carboxylic acids is 1. The Balaban J connectivity index is 1.66. The van der Waals surface area contributed by atoms with Gasteiger partial charge in [0.1, 0.15) is 0 Å². The van der Waals surface area contributed by atoms with Crippen molar-refractivity contribution in [3.63, 3.8) is 0 Å². The molecule has 1 fully saturated rings.